The molecule has 6 heteroatoms. The van der Waals surface area contributed by atoms with Gasteiger partial charge < -0.3 is 20.4 Å². The molecule has 0 bridgehead atoms. The van der Waals surface area contributed by atoms with Crippen molar-refractivity contribution in [2.75, 3.05) is 13.1 Å². The lowest BCUT2D eigenvalue weighted by atomic mass is 9.94. The lowest BCUT2D eigenvalue weighted by Gasteiger charge is -2.24. The first-order chi connectivity index (χ1) is 9.08. The van der Waals surface area contributed by atoms with Gasteiger partial charge in [-0.1, -0.05) is 12.2 Å². The molecule has 2 aliphatic rings. The fourth-order valence-electron chi connectivity index (χ4n) is 2.65. The van der Waals surface area contributed by atoms with Crippen molar-refractivity contribution in [3.05, 3.63) is 12.2 Å². The number of carbonyl (C=O) groups is 2. The van der Waals surface area contributed by atoms with Gasteiger partial charge in [0.2, 0.25) is 0 Å². The third-order valence-electron chi connectivity index (χ3n) is 3.74. The topological polar surface area (TPSA) is 89.9 Å². The van der Waals surface area contributed by atoms with Crippen LogP contribution >= 0.6 is 0 Å². The summed E-state index contributed by atoms with van der Waals surface area (Å²) in [7, 11) is 0. The molecule has 0 saturated carbocycles. The van der Waals surface area contributed by atoms with Crippen molar-refractivity contribution in [1.29, 1.82) is 0 Å². The molecule has 1 heterocycles. The van der Waals surface area contributed by atoms with Crippen LogP contribution in [0.25, 0.3) is 0 Å². The van der Waals surface area contributed by atoms with E-state index in [2.05, 4.69) is 17.5 Å². The molecule has 3 N–H and O–H groups in total. The smallest absolute Gasteiger partial charge is 0.326 e. The van der Waals surface area contributed by atoms with Crippen LogP contribution in [0.3, 0.4) is 0 Å². The highest BCUT2D eigenvalue weighted by Gasteiger charge is 2.38. The third kappa shape index (κ3) is 3.47. The van der Waals surface area contributed by atoms with Crippen LogP contribution in [-0.2, 0) is 4.79 Å². The number of nitrogens with zero attached hydrogens (tertiary/aromatic N) is 1. The average molecular weight is 268 g/mol. The molecular weight excluding hydrogens is 248 g/mol. The van der Waals surface area contributed by atoms with Gasteiger partial charge in [-0.05, 0) is 25.2 Å². The van der Waals surface area contributed by atoms with Gasteiger partial charge in [0.15, 0.2) is 0 Å². The number of likely N-dealkylation sites (tertiary alicyclic amines) is 1. The number of β-amino-alcohol motifs (C(OH)–C–C–N with tert-alkyl or cyclic N) is 1. The van der Waals surface area contributed by atoms with E-state index in [9.17, 15) is 14.7 Å². The number of carboxylic acids is 1. The second kappa shape index (κ2) is 6.06. The Morgan fingerprint density at radius 3 is 2.79 bits per heavy atom. The normalized spacial score (nSPS) is 30.4. The lowest BCUT2D eigenvalue weighted by molar-refractivity contribution is -0.141. The molecule has 1 aliphatic carbocycles. The highest BCUT2D eigenvalue weighted by Crippen LogP contribution is 2.19. The van der Waals surface area contributed by atoms with Crippen LogP contribution < -0.4 is 5.32 Å². The van der Waals surface area contributed by atoms with Crippen molar-refractivity contribution >= 4 is 12.0 Å². The third-order valence-corrected chi connectivity index (χ3v) is 3.74. The molecule has 1 fully saturated rings. The number of aliphatic hydroxyl groups excluding tert-OH is 1. The van der Waals surface area contributed by atoms with E-state index in [1.807, 2.05) is 0 Å². The molecule has 1 aliphatic heterocycles. The minimum absolute atomic E-state index is 0.0906. The van der Waals surface area contributed by atoms with Gasteiger partial charge in [0, 0.05) is 19.5 Å². The van der Waals surface area contributed by atoms with E-state index in [0.29, 0.717) is 12.5 Å². The highest BCUT2D eigenvalue weighted by atomic mass is 16.4. The monoisotopic (exact) mass is 268 g/mol. The fourth-order valence-corrected chi connectivity index (χ4v) is 2.65. The van der Waals surface area contributed by atoms with Gasteiger partial charge >= 0.3 is 12.0 Å². The van der Waals surface area contributed by atoms with Crippen molar-refractivity contribution in [3.63, 3.8) is 0 Å². The molecule has 2 amide bonds. The number of urea groups is 1. The molecule has 0 aromatic heterocycles. The first kappa shape index (κ1) is 13.9. The molecule has 1 unspecified atom stereocenters. The van der Waals surface area contributed by atoms with E-state index >= 15 is 0 Å². The van der Waals surface area contributed by atoms with Crippen LogP contribution in [0.15, 0.2) is 12.2 Å². The Bertz CT molecular complexity index is 383. The van der Waals surface area contributed by atoms with Crippen molar-refractivity contribution < 1.29 is 19.8 Å². The molecule has 0 spiro atoms. The van der Waals surface area contributed by atoms with Gasteiger partial charge in [0.05, 0.1) is 6.10 Å². The van der Waals surface area contributed by atoms with Gasteiger partial charge in [-0.15, -0.1) is 0 Å². The molecule has 0 aromatic carbocycles. The van der Waals surface area contributed by atoms with Crippen LogP contribution in [-0.4, -0.2) is 52.3 Å². The number of aliphatic hydroxyl groups is 1. The van der Waals surface area contributed by atoms with Gasteiger partial charge in [-0.3, -0.25) is 0 Å². The Labute approximate surface area is 112 Å². The number of carboxylic acid groups (broad SMARTS) is 1. The Morgan fingerprint density at radius 1 is 1.37 bits per heavy atom. The van der Waals surface area contributed by atoms with E-state index in [1.165, 1.54) is 4.90 Å². The SMILES string of the molecule is O=C(O)[C@@H]1C[C@H](O)CN1C(=O)NCC1CC=CCC1. The number of hydrogen-bond acceptors (Lipinski definition) is 3. The molecule has 106 valence electrons. The van der Waals surface area contributed by atoms with Crippen LogP contribution in [0.2, 0.25) is 0 Å². The molecular formula is C13H20N2O4. The van der Waals surface area contributed by atoms with Crippen molar-refractivity contribution in [2.45, 2.75) is 37.8 Å². The number of amides is 2. The van der Waals surface area contributed by atoms with E-state index < -0.39 is 24.1 Å². The molecule has 0 aromatic rings. The van der Waals surface area contributed by atoms with Crippen molar-refractivity contribution in [1.82, 2.24) is 10.2 Å². The quantitative estimate of drug-likeness (QED) is 0.653. The summed E-state index contributed by atoms with van der Waals surface area (Å²) in [6.45, 7) is 0.648. The zero-order valence-corrected chi connectivity index (χ0v) is 10.8. The van der Waals surface area contributed by atoms with E-state index in [0.717, 1.165) is 19.3 Å². The lowest BCUT2D eigenvalue weighted by Crippen LogP contribution is -2.47. The maximum Gasteiger partial charge on any atom is 0.326 e. The Kier molecular flexibility index (Phi) is 4.42. The van der Waals surface area contributed by atoms with E-state index in [-0.39, 0.29) is 13.0 Å². The van der Waals surface area contributed by atoms with Gasteiger partial charge in [-0.25, -0.2) is 9.59 Å². The summed E-state index contributed by atoms with van der Waals surface area (Å²) in [6.07, 6.45) is 6.63. The van der Waals surface area contributed by atoms with Crippen molar-refractivity contribution in [3.8, 4) is 0 Å². The number of allylic oxidation sites excluding steroid dienone is 2. The predicted molar refractivity (Wildman–Crippen MR) is 68.6 cm³/mol. The summed E-state index contributed by atoms with van der Waals surface area (Å²) in [4.78, 5) is 24.2. The van der Waals surface area contributed by atoms with Gasteiger partial charge in [0.25, 0.3) is 0 Å². The standard InChI is InChI=1S/C13H20N2O4/c16-10-6-11(12(17)18)15(8-10)13(19)14-7-9-4-2-1-3-5-9/h1-2,9-11,16H,3-8H2,(H,14,19)(H,17,18)/t9?,10-,11-/m0/s1. The van der Waals surface area contributed by atoms with Crippen LogP contribution in [0.5, 0.6) is 0 Å². The van der Waals surface area contributed by atoms with Crippen LogP contribution in [0.1, 0.15) is 25.7 Å². The summed E-state index contributed by atoms with van der Waals surface area (Å²) in [6, 6.07) is -1.31. The molecule has 19 heavy (non-hydrogen) atoms. The molecule has 2 rings (SSSR count). The Hall–Kier alpha value is -1.56. The minimum Gasteiger partial charge on any atom is -0.480 e. The second-order valence-electron chi connectivity index (χ2n) is 5.23. The zero-order valence-electron chi connectivity index (χ0n) is 10.8. The summed E-state index contributed by atoms with van der Waals surface area (Å²) >= 11 is 0. The van der Waals surface area contributed by atoms with Gasteiger partial charge in [-0.2, -0.15) is 0 Å². The Morgan fingerprint density at radius 2 is 2.16 bits per heavy atom. The largest absolute Gasteiger partial charge is 0.480 e. The van der Waals surface area contributed by atoms with E-state index in [1.54, 1.807) is 0 Å². The number of nitrogens with one attached hydrogen (secondary N) is 1. The maximum atomic E-state index is 12.0. The summed E-state index contributed by atoms with van der Waals surface area (Å²) in [5.74, 6) is -0.642. The van der Waals surface area contributed by atoms with E-state index in [4.69, 9.17) is 5.11 Å². The van der Waals surface area contributed by atoms with Gasteiger partial charge in [0.1, 0.15) is 6.04 Å². The highest BCUT2D eigenvalue weighted by molar-refractivity contribution is 5.83. The molecule has 0 radical (unpaired) electrons. The van der Waals surface area contributed by atoms with Crippen LogP contribution in [0, 0.1) is 5.92 Å². The maximum absolute atomic E-state index is 12.0. The Balaban J connectivity index is 1.84. The molecule has 1 saturated heterocycles. The zero-order chi connectivity index (χ0) is 13.8. The fraction of sp³-hybridized carbons (Fsp3) is 0.692. The number of hydrogen-bond donors (Lipinski definition) is 3. The second-order valence-corrected chi connectivity index (χ2v) is 5.23. The summed E-state index contributed by atoms with van der Waals surface area (Å²) in [5.41, 5.74) is 0. The summed E-state index contributed by atoms with van der Waals surface area (Å²) < 4.78 is 0. The average Bonchev–Trinajstić information content (AvgIpc) is 2.79. The first-order valence-corrected chi connectivity index (χ1v) is 6.68. The molecule has 6 nitrogen and oxygen atoms in total. The van der Waals surface area contributed by atoms with Crippen molar-refractivity contribution in [2.24, 2.45) is 5.92 Å². The van der Waals surface area contributed by atoms with Crippen LogP contribution in [0.4, 0.5) is 4.79 Å². The predicted octanol–water partition coefficient (Wildman–Crippen LogP) is 0.572. The number of carbonyl (C=O) groups excluding carboxylic acids is 1. The summed E-state index contributed by atoms with van der Waals surface area (Å²) in [5, 5.41) is 21.3. The molecule has 3 atom stereocenters. The minimum atomic E-state index is -1.06. The number of rotatable bonds is 3. The first-order valence-electron chi connectivity index (χ1n) is 6.68. The number of aliphatic carboxylic acids is 1.